The van der Waals surface area contributed by atoms with Crippen molar-refractivity contribution < 1.29 is 27.2 Å². The number of ether oxygens (including phenoxy) is 1. The van der Waals surface area contributed by atoms with Crippen LogP contribution in [0.25, 0.3) is 11.3 Å². The van der Waals surface area contributed by atoms with Crippen LogP contribution in [0.3, 0.4) is 0 Å². The summed E-state index contributed by atoms with van der Waals surface area (Å²) in [6.45, 7) is 6.58. The van der Waals surface area contributed by atoms with Gasteiger partial charge in [-0.25, -0.2) is 18.2 Å². The molecule has 1 saturated heterocycles. The molecular weight excluding hydrogens is 458 g/mol. The van der Waals surface area contributed by atoms with Gasteiger partial charge in [-0.1, -0.05) is 0 Å². The Balaban J connectivity index is 1.44. The monoisotopic (exact) mass is 489 g/mol. The number of benzene rings is 1. The van der Waals surface area contributed by atoms with Crippen molar-refractivity contribution in [2.24, 2.45) is 0 Å². The van der Waals surface area contributed by atoms with Crippen molar-refractivity contribution in [1.29, 1.82) is 0 Å². The number of sulfone groups is 1. The van der Waals surface area contributed by atoms with E-state index in [1.807, 2.05) is 25.7 Å². The molecule has 2 aromatic rings. The highest BCUT2D eigenvalue weighted by Gasteiger charge is 2.41. The first-order valence-corrected chi connectivity index (χ1v) is 13.4. The van der Waals surface area contributed by atoms with E-state index < -0.39 is 15.4 Å². The molecule has 1 aliphatic heterocycles. The molecule has 2 aliphatic rings. The maximum atomic E-state index is 13.3. The van der Waals surface area contributed by atoms with Gasteiger partial charge in [-0.05, 0) is 70.7 Å². The van der Waals surface area contributed by atoms with Crippen LogP contribution in [0.1, 0.15) is 57.1 Å². The summed E-state index contributed by atoms with van der Waals surface area (Å²) < 4.78 is 34.6. The molecule has 184 valence electrons. The van der Waals surface area contributed by atoms with E-state index in [9.17, 15) is 18.0 Å². The second-order valence-electron chi connectivity index (χ2n) is 9.97. The van der Waals surface area contributed by atoms with Crippen LogP contribution in [0, 0.1) is 0 Å². The fourth-order valence-electron chi connectivity index (χ4n) is 4.12. The van der Waals surface area contributed by atoms with Gasteiger partial charge < -0.3 is 19.0 Å². The van der Waals surface area contributed by atoms with E-state index in [1.165, 1.54) is 18.3 Å². The summed E-state index contributed by atoms with van der Waals surface area (Å²) in [7, 11) is -3.29. The third-order valence-corrected chi connectivity index (χ3v) is 7.07. The maximum Gasteiger partial charge on any atom is 0.410 e. The molecular formula is C24H31N3O6S. The molecule has 1 aliphatic carbocycles. The topological polar surface area (TPSA) is 110 Å². The predicted molar refractivity (Wildman–Crippen MR) is 125 cm³/mol. The highest BCUT2D eigenvalue weighted by atomic mass is 32.2. The van der Waals surface area contributed by atoms with Crippen LogP contribution in [-0.4, -0.2) is 72.2 Å². The minimum Gasteiger partial charge on any atom is -0.444 e. The van der Waals surface area contributed by atoms with Crippen molar-refractivity contribution in [3.8, 4) is 11.3 Å². The average molecular weight is 490 g/mol. The minimum absolute atomic E-state index is 0.00285. The number of carbonyl (C=O) groups is 2. The lowest BCUT2D eigenvalue weighted by atomic mass is 10.0. The molecule has 2 fully saturated rings. The van der Waals surface area contributed by atoms with Crippen LogP contribution in [0.5, 0.6) is 0 Å². The molecule has 0 bridgehead atoms. The first-order chi connectivity index (χ1) is 15.9. The van der Waals surface area contributed by atoms with E-state index in [0.29, 0.717) is 37.3 Å². The second-order valence-corrected chi connectivity index (χ2v) is 12.0. The molecule has 10 heteroatoms. The molecule has 1 aromatic heterocycles. The number of hydrogen-bond donors (Lipinski definition) is 0. The Morgan fingerprint density at radius 3 is 2.18 bits per heavy atom. The summed E-state index contributed by atoms with van der Waals surface area (Å²) in [5, 5.41) is 0. The number of oxazole rings is 1. The van der Waals surface area contributed by atoms with Crippen LogP contribution in [-0.2, 0) is 14.6 Å². The van der Waals surface area contributed by atoms with E-state index in [-0.39, 0.29) is 34.9 Å². The minimum atomic E-state index is -3.29. The summed E-state index contributed by atoms with van der Waals surface area (Å²) in [5.41, 5.74) is 0.0974. The standard InChI is InChI=1S/C24H31N3O6S/c1-24(2,3)33-23(29)26-13-11-18(12-14-26)27(17-7-8-17)22(28)21-25-15-20(32-21)16-5-9-19(10-6-16)34(4,30)31/h5-6,9-10,15,17-18H,7-8,11-14H2,1-4H3. The Morgan fingerprint density at radius 2 is 1.65 bits per heavy atom. The number of hydrogen-bond acceptors (Lipinski definition) is 7. The molecule has 2 heterocycles. The van der Waals surface area contributed by atoms with E-state index in [4.69, 9.17) is 9.15 Å². The molecule has 1 aromatic carbocycles. The Hall–Kier alpha value is -2.88. The summed E-state index contributed by atoms with van der Waals surface area (Å²) in [4.78, 5) is 33.7. The first-order valence-electron chi connectivity index (χ1n) is 11.5. The van der Waals surface area contributed by atoms with Gasteiger partial charge in [-0.15, -0.1) is 0 Å². The summed E-state index contributed by atoms with van der Waals surface area (Å²) >= 11 is 0. The van der Waals surface area contributed by atoms with Crippen LogP contribution >= 0.6 is 0 Å². The summed E-state index contributed by atoms with van der Waals surface area (Å²) in [6, 6.07) is 6.44. The Morgan fingerprint density at radius 1 is 1.06 bits per heavy atom. The van der Waals surface area contributed by atoms with Gasteiger partial charge in [-0.3, -0.25) is 4.79 Å². The van der Waals surface area contributed by atoms with Crippen LogP contribution in [0.15, 0.2) is 39.8 Å². The quantitative estimate of drug-likeness (QED) is 0.629. The lowest BCUT2D eigenvalue weighted by molar-refractivity contribution is 0.0138. The van der Waals surface area contributed by atoms with E-state index in [2.05, 4.69) is 4.98 Å². The van der Waals surface area contributed by atoms with Gasteiger partial charge in [0.05, 0.1) is 11.1 Å². The Labute approximate surface area is 200 Å². The zero-order chi connectivity index (χ0) is 24.7. The van der Waals surface area contributed by atoms with E-state index in [0.717, 1.165) is 19.1 Å². The lowest BCUT2D eigenvalue weighted by Gasteiger charge is -2.38. The van der Waals surface area contributed by atoms with E-state index in [1.54, 1.807) is 17.0 Å². The fourth-order valence-corrected chi connectivity index (χ4v) is 4.75. The molecule has 0 atom stereocenters. The smallest absolute Gasteiger partial charge is 0.410 e. The van der Waals surface area contributed by atoms with Crippen molar-refractivity contribution in [3.05, 3.63) is 36.4 Å². The van der Waals surface area contributed by atoms with Gasteiger partial charge >= 0.3 is 12.0 Å². The van der Waals surface area contributed by atoms with Gasteiger partial charge in [0.1, 0.15) is 5.60 Å². The highest BCUT2D eigenvalue weighted by Crippen LogP contribution is 2.34. The fraction of sp³-hybridized carbons (Fsp3) is 0.542. The average Bonchev–Trinajstić information content (AvgIpc) is 3.46. The Kier molecular flexibility index (Phi) is 6.46. The molecule has 1 saturated carbocycles. The van der Waals surface area contributed by atoms with Crippen molar-refractivity contribution in [1.82, 2.24) is 14.8 Å². The molecule has 0 N–H and O–H groups in total. The number of nitrogens with zero attached hydrogens (tertiary/aromatic N) is 3. The number of amides is 2. The highest BCUT2D eigenvalue weighted by molar-refractivity contribution is 7.90. The van der Waals surface area contributed by atoms with Crippen LogP contribution in [0.4, 0.5) is 4.79 Å². The van der Waals surface area contributed by atoms with Crippen molar-refractivity contribution in [2.75, 3.05) is 19.3 Å². The normalized spacial score (nSPS) is 17.5. The van der Waals surface area contributed by atoms with Gasteiger partial charge in [-0.2, -0.15) is 0 Å². The van der Waals surface area contributed by atoms with Crippen molar-refractivity contribution >= 4 is 21.8 Å². The largest absolute Gasteiger partial charge is 0.444 e. The second kappa shape index (κ2) is 9.05. The predicted octanol–water partition coefficient (Wildman–Crippen LogP) is 3.75. The molecule has 0 radical (unpaired) electrons. The van der Waals surface area contributed by atoms with Gasteiger partial charge in [0, 0.05) is 37.0 Å². The molecule has 0 unspecified atom stereocenters. The van der Waals surface area contributed by atoms with Crippen molar-refractivity contribution in [2.45, 2.75) is 69.0 Å². The number of aromatic nitrogens is 1. The zero-order valence-electron chi connectivity index (χ0n) is 20.0. The number of piperidine rings is 1. The first kappa shape index (κ1) is 24.3. The molecule has 9 nitrogen and oxygen atoms in total. The molecule has 0 spiro atoms. The summed E-state index contributed by atoms with van der Waals surface area (Å²) in [5.74, 6) is 0.166. The summed E-state index contributed by atoms with van der Waals surface area (Å²) in [6.07, 6.45) is 5.53. The maximum absolute atomic E-state index is 13.3. The zero-order valence-corrected chi connectivity index (χ0v) is 20.8. The molecule has 2 amide bonds. The number of rotatable bonds is 5. The number of likely N-dealkylation sites (tertiary alicyclic amines) is 1. The van der Waals surface area contributed by atoms with Gasteiger partial charge in [0.15, 0.2) is 15.6 Å². The third kappa shape index (κ3) is 5.60. The SMILES string of the molecule is CC(C)(C)OC(=O)N1CCC(N(C(=O)c2ncc(-c3ccc(S(C)(=O)=O)cc3)o2)C2CC2)CC1. The van der Waals surface area contributed by atoms with E-state index >= 15 is 0 Å². The van der Waals surface area contributed by atoms with Crippen LogP contribution < -0.4 is 0 Å². The van der Waals surface area contributed by atoms with Gasteiger partial charge in [0.2, 0.25) is 0 Å². The number of carbonyl (C=O) groups excluding carboxylic acids is 2. The van der Waals surface area contributed by atoms with Crippen molar-refractivity contribution in [3.63, 3.8) is 0 Å². The molecule has 4 rings (SSSR count). The van der Waals surface area contributed by atoms with Crippen LogP contribution in [0.2, 0.25) is 0 Å². The Bertz CT molecular complexity index is 1150. The lowest BCUT2D eigenvalue weighted by Crippen LogP contribution is -2.50. The molecule has 34 heavy (non-hydrogen) atoms. The third-order valence-electron chi connectivity index (χ3n) is 5.94. The van der Waals surface area contributed by atoms with Gasteiger partial charge in [0.25, 0.3) is 5.89 Å².